The molecule has 0 radical (unpaired) electrons. The molecule has 2 aromatic carbocycles. The van der Waals surface area contributed by atoms with E-state index >= 15 is 0 Å². The minimum absolute atomic E-state index is 0. The number of aliphatic hydroxyl groups is 1. The van der Waals surface area contributed by atoms with Crippen molar-refractivity contribution in [1.82, 2.24) is 10.2 Å². The topological polar surface area (TPSA) is 98.9 Å². The molecule has 0 aliphatic carbocycles. The van der Waals surface area contributed by atoms with E-state index in [0.29, 0.717) is 26.2 Å². The molecule has 2 amide bonds. The van der Waals surface area contributed by atoms with Crippen molar-refractivity contribution in [3.63, 3.8) is 0 Å². The van der Waals surface area contributed by atoms with Crippen molar-refractivity contribution in [2.45, 2.75) is 25.4 Å². The first-order valence-electron chi connectivity index (χ1n) is 10.2. The van der Waals surface area contributed by atoms with Crippen molar-refractivity contribution < 1.29 is 14.7 Å². The highest BCUT2D eigenvalue weighted by Crippen LogP contribution is 2.24. The number of Topliss-reactive ketones (excluding diaryl/α,β-unsaturated/α-hetero) is 1. The summed E-state index contributed by atoms with van der Waals surface area (Å²) in [4.78, 5) is 28.5. The minimum Gasteiger partial charge on any atom is -0.388 e. The number of nitrogens with zero attached hydrogens (tertiary/aromatic N) is 2. The fourth-order valence-electron chi connectivity index (χ4n) is 3.65. The minimum atomic E-state index is -0.961. The van der Waals surface area contributed by atoms with Crippen LogP contribution >= 0.6 is 13.5 Å². The molecule has 0 aromatic heterocycles. The Morgan fingerprint density at radius 3 is 2.06 bits per heavy atom. The fraction of sp³-hybridized carbons (Fsp3) is 0.391. The zero-order valence-electron chi connectivity index (χ0n) is 18.0. The van der Waals surface area contributed by atoms with Gasteiger partial charge in [0, 0.05) is 37.4 Å². The number of nitrogens with two attached hydrogens (primary N) is 1. The van der Waals surface area contributed by atoms with Crippen LogP contribution in [0, 0.1) is 0 Å². The molecule has 31 heavy (non-hydrogen) atoms. The number of benzene rings is 2. The Bertz CT molecular complexity index is 861. The molecule has 4 N–H and O–H groups in total. The van der Waals surface area contributed by atoms with Gasteiger partial charge < -0.3 is 26.0 Å². The monoisotopic (exact) mass is 444 g/mol. The first kappa shape index (κ1) is 24.7. The maximum absolute atomic E-state index is 12.6. The zero-order chi connectivity index (χ0) is 21.7. The Balaban J connectivity index is 0.00000341. The molecule has 1 atom stereocenters. The van der Waals surface area contributed by atoms with E-state index in [4.69, 9.17) is 10.8 Å². The summed E-state index contributed by atoms with van der Waals surface area (Å²) in [5, 5.41) is 11.9. The van der Waals surface area contributed by atoms with Crippen molar-refractivity contribution in [3.8, 4) is 11.1 Å². The van der Waals surface area contributed by atoms with Gasteiger partial charge in [-0.15, -0.1) is 0 Å². The standard InChI is InChI=1S/C23H30N4O3.H2S/c1-23(2,24)21(20(29)16-28)25-22(30)27-14-12-26(13-15-27)19-10-8-18(9-11-19)17-6-4-3-5-7-17;/h3-11,21,28H,12-16,24H2,1-2H3,(H,25,30);1H2/t21-;/m1./s1. The van der Waals surface area contributed by atoms with Crippen molar-refractivity contribution in [2.24, 2.45) is 5.73 Å². The van der Waals surface area contributed by atoms with Crippen molar-refractivity contribution in [1.29, 1.82) is 0 Å². The molecule has 1 aliphatic heterocycles. The summed E-state index contributed by atoms with van der Waals surface area (Å²) < 4.78 is 0. The molecule has 0 saturated carbocycles. The van der Waals surface area contributed by atoms with E-state index in [0.717, 1.165) is 5.69 Å². The van der Waals surface area contributed by atoms with Gasteiger partial charge in [0.15, 0.2) is 5.78 Å². The van der Waals surface area contributed by atoms with Crippen LogP contribution in [0.2, 0.25) is 0 Å². The number of nitrogens with one attached hydrogen (secondary N) is 1. The second kappa shape index (κ2) is 10.7. The highest BCUT2D eigenvalue weighted by molar-refractivity contribution is 7.59. The largest absolute Gasteiger partial charge is 0.388 e. The van der Waals surface area contributed by atoms with Crippen LogP contribution in [0.3, 0.4) is 0 Å². The van der Waals surface area contributed by atoms with Gasteiger partial charge in [-0.05, 0) is 37.1 Å². The Morgan fingerprint density at radius 1 is 1.00 bits per heavy atom. The molecule has 0 bridgehead atoms. The SMILES string of the molecule is CC(C)(N)[C@H](NC(=O)N1CCN(c2ccc(-c3ccccc3)cc2)CC1)C(=O)CO.S. The van der Waals surface area contributed by atoms with Gasteiger partial charge in [-0.3, -0.25) is 4.79 Å². The fourth-order valence-corrected chi connectivity index (χ4v) is 3.65. The van der Waals surface area contributed by atoms with E-state index < -0.39 is 24.0 Å². The average molecular weight is 445 g/mol. The molecular weight excluding hydrogens is 412 g/mol. The van der Waals surface area contributed by atoms with Crippen molar-refractivity contribution in [3.05, 3.63) is 54.6 Å². The van der Waals surface area contributed by atoms with E-state index in [2.05, 4.69) is 46.6 Å². The van der Waals surface area contributed by atoms with Crippen LogP contribution in [0.25, 0.3) is 11.1 Å². The number of hydrogen-bond donors (Lipinski definition) is 3. The van der Waals surface area contributed by atoms with Crippen LogP contribution in [0.1, 0.15) is 13.8 Å². The van der Waals surface area contributed by atoms with Crippen LogP contribution in [0.5, 0.6) is 0 Å². The normalized spacial score (nSPS) is 15.1. The van der Waals surface area contributed by atoms with E-state index in [-0.39, 0.29) is 19.5 Å². The number of urea groups is 1. The first-order valence-corrected chi connectivity index (χ1v) is 10.2. The molecular formula is C23H32N4O3S. The van der Waals surface area contributed by atoms with Gasteiger partial charge in [0.2, 0.25) is 0 Å². The maximum Gasteiger partial charge on any atom is 0.318 e. The number of aliphatic hydroxyl groups excluding tert-OH is 1. The molecule has 1 saturated heterocycles. The van der Waals surface area contributed by atoms with Crippen molar-refractivity contribution >= 4 is 31.0 Å². The average Bonchev–Trinajstić information content (AvgIpc) is 2.77. The molecule has 2 aromatic rings. The van der Waals surface area contributed by atoms with Gasteiger partial charge in [-0.1, -0.05) is 42.5 Å². The lowest BCUT2D eigenvalue weighted by Crippen LogP contribution is -2.62. The summed E-state index contributed by atoms with van der Waals surface area (Å²) in [5.41, 5.74) is 8.52. The van der Waals surface area contributed by atoms with Gasteiger partial charge >= 0.3 is 6.03 Å². The van der Waals surface area contributed by atoms with Gasteiger partial charge in [0.1, 0.15) is 12.6 Å². The summed E-state index contributed by atoms with van der Waals surface area (Å²) in [6, 6.07) is 17.4. The van der Waals surface area contributed by atoms with Crippen LogP contribution in [0.4, 0.5) is 10.5 Å². The van der Waals surface area contributed by atoms with Gasteiger partial charge in [0.25, 0.3) is 0 Å². The summed E-state index contributed by atoms with van der Waals surface area (Å²) in [6.07, 6.45) is 0. The number of piperazine rings is 1. The predicted octanol–water partition coefficient (Wildman–Crippen LogP) is 1.97. The Hall–Kier alpha value is -2.55. The lowest BCUT2D eigenvalue weighted by molar-refractivity contribution is -0.124. The second-order valence-electron chi connectivity index (χ2n) is 8.22. The number of carbonyl (C=O) groups is 2. The summed E-state index contributed by atoms with van der Waals surface area (Å²) in [5.74, 6) is -0.493. The van der Waals surface area contributed by atoms with Gasteiger partial charge in [0.05, 0.1) is 0 Å². The van der Waals surface area contributed by atoms with Crippen LogP contribution < -0.4 is 16.0 Å². The van der Waals surface area contributed by atoms with E-state index in [1.165, 1.54) is 11.1 Å². The van der Waals surface area contributed by atoms with Crippen LogP contribution in [0.15, 0.2) is 54.6 Å². The van der Waals surface area contributed by atoms with Crippen LogP contribution in [-0.4, -0.2) is 66.2 Å². The van der Waals surface area contributed by atoms with E-state index in [9.17, 15) is 9.59 Å². The molecule has 7 nitrogen and oxygen atoms in total. The lowest BCUT2D eigenvalue weighted by atomic mass is 9.92. The van der Waals surface area contributed by atoms with E-state index in [1.807, 2.05) is 18.2 Å². The Morgan fingerprint density at radius 2 is 1.55 bits per heavy atom. The van der Waals surface area contributed by atoms with Crippen molar-refractivity contribution in [2.75, 3.05) is 37.7 Å². The number of amides is 2. The summed E-state index contributed by atoms with van der Waals surface area (Å²) in [7, 11) is 0. The molecule has 0 spiro atoms. The number of carbonyl (C=O) groups excluding carboxylic acids is 2. The number of hydrogen-bond acceptors (Lipinski definition) is 5. The first-order chi connectivity index (χ1) is 14.3. The number of ketones is 1. The third kappa shape index (κ3) is 6.22. The zero-order valence-corrected chi connectivity index (χ0v) is 19.0. The third-order valence-corrected chi connectivity index (χ3v) is 5.40. The molecule has 0 unspecified atom stereocenters. The number of rotatable bonds is 6. The highest BCUT2D eigenvalue weighted by Gasteiger charge is 2.34. The lowest BCUT2D eigenvalue weighted by Gasteiger charge is -2.38. The highest BCUT2D eigenvalue weighted by atomic mass is 32.1. The summed E-state index contributed by atoms with van der Waals surface area (Å²) in [6.45, 7) is 5.13. The van der Waals surface area contributed by atoms with Crippen LogP contribution in [-0.2, 0) is 4.79 Å². The Kier molecular flexibility index (Phi) is 8.50. The summed E-state index contributed by atoms with van der Waals surface area (Å²) >= 11 is 0. The molecule has 1 fully saturated rings. The molecule has 168 valence electrons. The van der Waals surface area contributed by atoms with Gasteiger partial charge in [-0.25, -0.2) is 4.79 Å². The molecule has 1 aliphatic rings. The predicted molar refractivity (Wildman–Crippen MR) is 129 cm³/mol. The Labute approximate surface area is 190 Å². The van der Waals surface area contributed by atoms with E-state index in [1.54, 1.807) is 18.7 Å². The molecule has 3 rings (SSSR count). The maximum atomic E-state index is 12.6. The molecule has 1 heterocycles. The molecule has 8 heteroatoms. The third-order valence-electron chi connectivity index (χ3n) is 5.40. The quantitative estimate of drug-likeness (QED) is 0.633. The van der Waals surface area contributed by atoms with Gasteiger partial charge in [-0.2, -0.15) is 13.5 Å². The smallest absolute Gasteiger partial charge is 0.318 e. The second-order valence-corrected chi connectivity index (χ2v) is 8.22. The number of anilines is 1.